The molecule has 9 rings (SSSR count). The fourth-order valence-corrected chi connectivity index (χ4v) is 10.4. The van der Waals surface area contributed by atoms with E-state index in [1.165, 1.54) is 24.3 Å². The third kappa shape index (κ3) is 7.37. The fraction of sp³-hybridized carbons (Fsp3) is 0.511. The Bertz CT molecular complexity index is 2320. The summed E-state index contributed by atoms with van der Waals surface area (Å²) in [5.74, 6) is -2.96. The molecule has 10 atom stereocenters. The van der Waals surface area contributed by atoms with E-state index in [1.54, 1.807) is 0 Å². The molecule has 3 aromatic carbocycles. The lowest BCUT2D eigenvalue weighted by molar-refractivity contribution is -0.346. The number of ether oxygens (including phenoxy) is 4. The van der Waals surface area contributed by atoms with Gasteiger partial charge in [0.05, 0.1) is 30.5 Å². The van der Waals surface area contributed by atoms with Gasteiger partial charge in [-0.2, -0.15) is 0 Å². The first-order chi connectivity index (χ1) is 30.8. The molecule has 4 heterocycles. The molecule has 3 saturated heterocycles. The first kappa shape index (κ1) is 44.3. The molecule has 19 nitrogen and oxygen atoms in total. The minimum absolute atomic E-state index is 0.0213. The maximum Gasteiger partial charge on any atom is 0.242 e. The number of benzene rings is 3. The minimum Gasteiger partial charge on any atom is -0.486 e. The number of hydrogen-bond acceptors (Lipinski definition) is 18. The molecule has 0 aromatic heterocycles. The molecule has 1 amide bonds. The number of amides is 1. The topological polar surface area (TPSA) is 292 Å². The Labute approximate surface area is 367 Å². The lowest BCUT2D eigenvalue weighted by atomic mass is 9.78. The number of aldehydes is 1. The highest BCUT2D eigenvalue weighted by atomic mass is 16.7. The van der Waals surface area contributed by atoms with Crippen molar-refractivity contribution in [2.24, 2.45) is 5.73 Å². The van der Waals surface area contributed by atoms with E-state index < -0.39 is 104 Å². The van der Waals surface area contributed by atoms with Crippen LogP contribution in [0.4, 0.5) is 5.69 Å². The Morgan fingerprint density at radius 3 is 2.53 bits per heavy atom. The van der Waals surface area contributed by atoms with Gasteiger partial charge in [-0.3, -0.25) is 30.8 Å². The normalized spacial score (nSPS) is 31.2. The Hall–Kier alpha value is -4.90. The van der Waals surface area contributed by atoms with Crippen LogP contribution in [0, 0.1) is 0 Å². The molecule has 4 fully saturated rings. The van der Waals surface area contributed by atoms with Gasteiger partial charge >= 0.3 is 0 Å². The molecule has 342 valence electrons. The van der Waals surface area contributed by atoms with Crippen molar-refractivity contribution >= 4 is 29.4 Å². The van der Waals surface area contributed by atoms with Gasteiger partial charge in [-0.1, -0.05) is 37.1 Å². The molecule has 6 aliphatic rings. The lowest BCUT2D eigenvalue weighted by Gasteiger charge is -2.52. The average molecular weight is 888 g/mol. The first-order valence-corrected chi connectivity index (χ1v) is 21.7. The van der Waals surface area contributed by atoms with Crippen molar-refractivity contribution in [1.29, 1.82) is 0 Å². The molecule has 1 spiro atoms. The second-order valence-corrected chi connectivity index (χ2v) is 17.4. The van der Waals surface area contributed by atoms with Crippen molar-refractivity contribution < 1.29 is 68.8 Å². The zero-order chi connectivity index (χ0) is 45.1. The molecule has 10 unspecified atom stereocenters. The number of para-hydroxylation sites is 1. The fourth-order valence-electron chi connectivity index (χ4n) is 10.4. The number of carbonyl (C=O) groups excluding carboxylic acids is 4. The predicted molar refractivity (Wildman–Crippen MR) is 223 cm³/mol. The summed E-state index contributed by atoms with van der Waals surface area (Å²) in [6.45, 7) is -1.45. The summed E-state index contributed by atoms with van der Waals surface area (Å²) in [6, 6.07) is 12.6. The van der Waals surface area contributed by atoms with E-state index in [0.717, 1.165) is 0 Å². The van der Waals surface area contributed by atoms with E-state index in [1.807, 2.05) is 29.2 Å². The third-order valence-electron chi connectivity index (χ3n) is 13.7. The van der Waals surface area contributed by atoms with Gasteiger partial charge in [-0.15, -0.1) is 0 Å². The number of carbonyl (C=O) groups is 4. The van der Waals surface area contributed by atoms with Gasteiger partial charge in [0.25, 0.3) is 0 Å². The van der Waals surface area contributed by atoms with Gasteiger partial charge in [0.2, 0.25) is 12.2 Å². The number of aliphatic hydroxyl groups is 6. The summed E-state index contributed by atoms with van der Waals surface area (Å²) in [4.78, 5) is 56.2. The Balaban J connectivity index is 1.31. The van der Waals surface area contributed by atoms with Gasteiger partial charge in [0, 0.05) is 59.9 Å². The van der Waals surface area contributed by atoms with Crippen LogP contribution in [0.5, 0.6) is 11.5 Å². The van der Waals surface area contributed by atoms with Crippen molar-refractivity contribution in [3.8, 4) is 11.5 Å². The Kier molecular flexibility index (Phi) is 12.1. The largest absolute Gasteiger partial charge is 0.486 e. The van der Waals surface area contributed by atoms with Crippen molar-refractivity contribution in [1.82, 2.24) is 16.0 Å². The van der Waals surface area contributed by atoms with Crippen LogP contribution in [-0.2, 0) is 25.7 Å². The van der Waals surface area contributed by atoms with Gasteiger partial charge in [0.1, 0.15) is 49.7 Å². The number of anilines is 1. The number of rotatable bonds is 10. The number of nitrogens with two attached hydrogens (primary N) is 1. The van der Waals surface area contributed by atoms with Crippen molar-refractivity contribution in [2.45, 2.75) is 118 Å². The standard InChI is InChI=1S/C45H53N5O14/c46-43-48-40-32(41(59)49-43)47-21-50(40)30-6-2-1-5-25(30)24-10-16-62-44(11-3-4-12-44)39-35(57)38(58)45(60,13-15-52)42(64-39)63-36-28(24)18-29-31(37(36)61-20-23(54)9-14-51)34(56)27-17-22(19-53)7-8-26(27)33(29)55/h1-2,5-8,14,17-18,23-24,32,35,38-40,42-43,47-48,52-54,57-58,60H,3-4,9-13,15-16,19-21,46H2,(H,49,59). The minimum atomic E-state index is -2.49. The van der Waals surface area contributed by atoms with Crippen LogP contribution in [0.3, 0.4) is 0 Å². The summed E-state index contributed by atoms with van der Waals surface area (Å²) in [5.41, 5.74) is 4.06. The van der Waals surface area contributed by atoms with E-state index in [9.17, 15) is 49.8 Å². The molecule has 4 aliphatic heterocycles. The van der Waals surface area contributed by atoms with Crippen LogP contribution >= 0.6 is 0 Å². The van der Waals surface area contributed by atoms with Gasteiger partial charge < -0.3 is 64.6 Å². The molecule has 11 N–H and O–H groups in total. The average Bonchev–Trinajstić information content (AvgIpc) is 3.94. The van der Waals surface area contributed by atoms with Crippen LogP contribution in [0.1, 0.15) is 99.4 Å². The van der Waals surface area contributed by atoms with Gasteiger partial charge in [-0.25, -0.2) is 0 Å². The lowest BCUT2D eigenvalue weighted by Crippen LogP contribution is -2.71. The molecule has 19 heteroatoms. The summed E-state index contributed by atoms with van der Waals surface area (Å²) in [5, 5.41) is 76.3. The van der Waals surface area contributed by atoms with E-state index in [2.05, 4.69) is 16.0 Å². The number of nitrogens with one attached hydrogen (secondary N) is 3. The highest BCUT2D eigenvalue weighted by Crippen LogP contribution is 2.52. The monoisotopic (exact) mass is 887 g/mol. The van der Waals surface area contributed by atoms with Crippen LogP contribution < -0.4 is 36.1 Å². The van der Waals surface area contributed by atoms with Crippen molar-refractivity contribution in [3.05, 3.63) is 87.5 Å². The zero-order valence-corrected chi connectivity index (χ0v) is 34.9. The Morgan fingerprint density at radius 2 is 1.78 bits per heavy atom. The van der Waals surface area contributed by atoms with E-state index in [-0.39, 0.29) is 71.3 Å². The summed E-state index contributed by atoms with van der Waals surface area (Å²) in [7, 11) is 0. The van der Waals surface area contributed by atoms with Crippen LogP contribution in [0.25, 0.3) is 0 Å². The number of fused-ring (bicyclic) bond motifs is 7. The second kappa shape index (κ2) is 17.5. The van der Waals surface area contributed by atoms with E-state index in [4.69, 9.17) is 24.7 Å². The molecule has 64 heavy (non-hydrogen) atoms. The molecule has 3 aromatic rings. The van der Waals surface area contributed by atoms with E-state index >= 15 is 0 Å². The maximum atomic E-state index is 14.8. The highest BCUT2D eigenvalue weighted by Gasteiger charge is 2.62. The molecule has 2 aliphatic carbocycles. The summed E-state index contributed by atoms with van der Waals surface area (Å²) in [6.07, 6.45) is -7.63. The third-order valence-corrected chi connectivity index (χ3v) is 13.7. The molecule has 0 radical (unpaired) electrons. The van der Waals surface area contributed by atoms with Crippen LogP contribution in [0.2, 0.25) is 0 Å². The Morgan fingerprint density at radius 1 is 1.00 bits per heavy atom. The van der Waals surface area contributed by atoms with Gasteiger partial charge in [-0.05, 0) is 54.7 Å². The van der Waals surface area contributed by atoms with Gasteiger partial charge in [0.15, 0.2) is 28.7 Å². The summed E-state index contributed by atoms with van der Waals surface area (Å²) < 4.78 is 26.6. The maximum absolute atomic E-state index is 14.8. The van der Waals surface area contributed by atoms with E-state index in [0.29, 0.717) is 48.8 Å². The molecular formula is C45H53N5O14. The molecule has 2 bridgehead atoms. The molecule has 1 saturated carbocycles. The highest BCUT2D eigenvalue weighted by molar-refractivity contribution is 6.29. The predicted octanol–water partition coefficient (Wildman–Crippen LogP) is -0.889. The quantitative estimate of drug-likeness (QED) is 0.0865. The number of nitrogens with zero attached hydrogens (tertiary/aromatic N) is 1. The van der Waals surface area contributed by atoms with Crippen molar-refractivity contribution in [3.63, 3.8) is 0 Å². The summed E-state index contributed by atoms with van der Waals surface area (Å²) >= 11 is 0. The second-order valence-electron chi connectivity index (χ2n) is 17.4. The number of hydrogen-bond donors (Lipinski definition) is 10. The number of ketones is 2. The SMILES string of the molecule is NC1NC(=O)C2NCN(c3ccccc3C3CCOC4(CCCC4)C4OC(Oc5c3cc3c(c5OCC(O)CC=O)C(=O)c5cc(CO)ccc5C3=O)C(O)(CCO)C(O)C4O)C2N1. The van der Waals surface area contributed by atoms with Crippen LogP contribution in [0.15, 0.2) is 48.5 Å². The first-order valence-electron chi connectivity index (χ1n) is 21.7. The van der Waals surface area contributed by atoms with Crippen LogP contribution in [-0.4, -0.2) is 141 Å². The zero-order valence-electron chi connectivity index (χ0n) is 34.9. The smallest absolute Gasteiger partial charge is 0.242 e. The molecular weight excluding hydrogens is 835 g/mol. The van der Waals surface area contributed by atoms with Crippen molar-refractivity contribution in [2.75, 3.05) is 31.4 Å². The number of aliphatic hydroxyl groups excluding tert-OH is 5.